The Morgan fingerprint density at radius 3 is 2.82 bits per heavy atom. The van der Waals surface area contributed by atoms with Crippen molar-refractivity contribution in [3.05, 3.63) is 10.1 Å². The molecule has 0 aromatic heterocycles. The number of aliphatic hydroxyl groups excluding tert-OH is 2. The van der Waals surface area contributed by atoms with Crippen LogP contribution in [0.5, 0.6) is 0 Å². The summed E-state index contributed by atoms with van der Waals surface area (Å²) in [7, 11) is 0. The van der Waals surface area contributed by atoms with Gasteiger partial charge in [-0.2, -0.15) is 0 Å². The van der Waals surface area contributed by atoms with Gasteiger partial charge in [0.1, 0.15) is 43.6 Å². The first-order valence-electron chi connectivity index (χ1n) is 9.43. The molecule has 0 spiro atoms. The average molecular weight is 396 g/mol. The minimum Gasteiger partial charge on any atom is -0.387 e. The van der Waals surface area contributed by atoms with E-state index in [1.54, 1.807) is 4.90 Å². The average Bonchev–Trinajstić information content (AvgIpc) is 3.24. The second-order valence-electron chi connectivity index (χ2n) is 7.54. The summed E-state index contributed by atoms with van der Waals surface area (Å²) >= 11 is 0. The summed E-state index contributed by atoms with van der Waals surface area (Å²) in [6, 6.07) is 0. The van der Waals surface area contributed by atoms with Crippen LogP contribution in [0.3, 0.4) is 0 Å². The van der Waals surface area contributed by atoms with Gasteiger partial charge >= 0.3 is 0 Å². The Bertz CT molecular complexity index is 722. The molecule has 3 aliphatic heterocycles. The number of hydrogen-bond donors (Lipinski definition) is 3. The molecule has 12 heteroatoms. The highest BCUT2D eigenvalue weighted by Gasteiger charge is 2.52. The molecule has 5 atom stereocenters. The van der Waals surface area contributed by atoms with Crippen LogP contribution >= 0.6 is 0 Å². The van der Waals surface area contributed by atoms with Crippen molar-refractivity contribution in [3.63, 3.8) is 0 Å². The molecule has 3 heterocycles. The molecule has 4 aliphatic rings. The first-order chi connectivity index (χ1) is 13.4. The molecular weight excluding hydrogens is 372 g/mol. The van der Waals surface area contributed by atoms with E-state index in [2.05, 4.69) is 19.8 Å². The standard InChI is InChI=1S/C16H24N6O6/c17-16(9-4-2-1-3-5-9)13-14(18-7-20-16)21(8-19-13)15-12(24)11(23)10(28-15)6-27-22(25)26/h7,9-12,15,23-24H,1-6,8,17H2/t10-,11-,12-,15-,16?/m1/s1. The van der Waals surface area contributed by atoms with Crippen LogP contribution in [0.1, 0.15) is 32.1 Å². The van der Waals surface area contributed by atoms with E-state index in [-0.39, 0.29) is 12.6 Å². The maximum Gasteiger partial charge on any atom is 0.294 e. The first kappa shape index (κ1) is 19.2. The van der Waals surface area contributed by atoms with E-state index >= 15 is 0 Å². The lowest BCUT2D eigenvalue weighted by Gasteiger charge is -2.38. The van der Waals surface area contributed by atoms with Gasteiger partial charge in [0.15, 0.2) is 17.7 Å². The van der Waals surface area contributed by atoms with E-state index in [1.807, 2.05) is 0 Å². The normalized spacial score (nSPS) is 38.2. The summed E-state index contributed by atoms with van der Waals surface area (Å²) in [4.78, 5) is 29.6. The van der Waals surface area contributed by atoms with Gasteiger partial charge in [-0.3, -0.25) is 4.99 Å². The van der Waals surface area contributed by atoms with Crippen molar-refractivity contribution in [2.45, 2.75) is 62.3 Å². The molecule has 1 saturated heterocycles. The molecule has 4 rings (SSSR count). The summed E-state index contributed by atoms with van der Waals surface area (Å²) in [5, 5.41) is 30.0. The molecule has 154 valence electrons. The number of aliphatic imine (C=N–C) groups is 3. The molecule has 12 nitrogen and oxygen atoms in total. The molecule has 28 heavy (non-hydrogen) atoms. The van der Waals surface area contributed by atoms with E-state index in [0.29, 0.717) is 11.5 Å². The van der Waals surface area contributed by atoms with Crippen LogP contribution in [0.4, 0.5) is 0 Å². The van der Waals surface area contributed by atoms with Crippen LogP contribution in [0.25, 0.3) is 0 Å². The Balaban J connectivity index is 1.50. The molecule has 0 aromatic carbocycles. The van der Waals surface area contributed by atoms with Gasteiger partial charge in [-0.25, -0.2) is 9.98 Å². The fourth-order valence-corrected chi connectivity index (χ4v) is 4.40. The fourth-order valence-electron chi connectivity index (χ4n) is 4.40. The summed E-state index contributed by atoms with van der Waals surface area (Å²) < 4.78 is 5.64. The van der Waals surface area contributed by atoms with E-state index in [9.17, 15) is 20.3 Å². The number of amidine groups is 1. The minimum absolute atomic E-state index is 0.139. The molecule has 0 aromatic rings. The monoisotopic (exact) mass is 396 g/mol. The summed E-state index contributed by atoms with van der Waals surface area (Å²) in [5.74, 6) is 0.609. The first-order valence-corrected chi connectivity index (χ1v) is 9.43. The van der Waals surface area contributed by atoms with Crippen molar-refractivity contribution in [1.82, 2.24) is 4.90 Å². The summed E-state index contributed by atoms with van der Waals surface area (Å²) in [6.07, 6.45) is 2.03. The number of aliphatic hydroxyl groups is 2. The van der Waals surface area contributed by atoms with Crippen LogP contribution in [-0.2, 0) is 9.57 Å². The Hall–Kier alpha value is -2.15. The van der Waals surface area contributed by atoms with E-state index < -0.39 is 41.9 Å². The Kier molecular flexibility index (Phi) is 5.04. The number of nitrogens with zero attached hydrogens (tertiary/aromatic N) is 5. The number of rotatable bonds is 5. The number of fused-ring (bicyclic) bond motifs is 1. The van der Waals surface area contributed by atoms with E-state index in [1.165, 1.54) is 12.8 Å². The van der Waals surface area contributed by atoms with Gasteiger partial charge in [0.25, 0.3) is 5.09 Å². The zero-order valence-electron chi connectivity index (χ0n) is 15.3. The topological polar surface area (TPSA) is 168 Å². The molecule has 0 bridgehead atoms. The maximum absolute atomic E-state index is 10.4. The SMILES string of the molecule is NC1(C2CCCCC2)N=CN=C2C1=NCN2[C@@H]1O[C@H](CO[N+](=O)[O-])[C@@H](O)[C@H]1O. The predicted octanol–water partition coefficient (Wildman–Crippen LogP) is -0.969. The zero-order valence-corrected chi connectivity index (χ0v) is 15.3. The van der Waals surface area contributed by atoms with Gasteiger partial charge in [-0.05, 0) is 12.8 Å². The zero-order chi connectivity index (χ0) is 19.9. The van der Waals surface area contributed by atoms with Crippen molar-refractivity contribution in [2.75, 3.05) is 13.3 Å². The van der Waals surface area contributed by atoms with Gasteiger partial charge < -0.3 is 30.4 Å². The number of hydrogen-bond acceptors (Lipinski definition) is 11. The fraction of sp³-hybridized carbons (Fsp3) is 0.812. The van der Waals surface area contributed by atoms with Crippen molar-refractivity contribution >= 4 is 17.9 Å². The second-order valence-corrected chi connectivity index (χ2v) is 7.54. The summed E-state index contributed by atoms with van der Waals surface area (Å²) in [6.45, 7) is -0.347. The second kappa shape index (κ2) is 7.35. The van der Waals surface area contributed by atoms with Crippen molar-refractivity contribution < 1.29 is 24.9 Å². The third kappa shape index (κ3) is 3.15. The molecule has 1 aliphatic carbocycles. The highest BCUT2D eigenvalue weighted by atomic mass is 17.0. The lowest BCUT2D eigenvalue weighted by Crippen LogP contribution is -2.59. The van der Waals surface area contributed by atoms with Gasteiger partial charge in [-0.15, -0.1) is 10.1 Å². The van der Waals surface area contributed by atoms with Crippen LogP contribution in [0.15, 0.2) is 15.0 Å². The molecule has 1 unspecified atom stereocenters. The molecule has 4 N–H and O–H groups in total. The van der Waals surface area contributed by atoms with Crippen molar-refractivity contribution in [3.8, 4) is 0 Å². The third-order valence-corrected chi connectivity index (χ3v) is 5.91. The van der Waals surface area contributed by atoms with Crippen LogP contribution < -0.4 is 5.73 Å². The largest absolute Gasteiger partial charge is 0.387 e. The molecule has 0 amide bonds. The quantitative estimate of drug-likeness (QED) is 0.394. The lowest BCUT2D eigenvalue weighted by molar-refractivity contribution is -0.759. The molecular formula is C16H24N6O6. The van der Waals surface area contributed by atoms with Crippen molar-refractivity contribution in [1.29, 1.82) is 0 Å². The lowest BCUT2D eigenvalue weighted by atomic mass is 9.77. The van der Waals surface area contributed by atoms with Gasteiger partial charge in [0, 0.05) is 5.92 Å². The molecule has 2 fully saturated rings. The highest BCUT2D eigenvalue weighted by Crippen LogP contribution is 2.37. The van der Waals surface area contributed by atoms with Gasteiger partial charge in [0.05, 0.1) is 0 Å². The van der Waals surface area contributed by atoms with E-state index in [0.717, 1.165) is 25.7 Å². The number of nitrogens with two attached hydrogens (primary N) is 1. The minimum atomic E-state index is -1.34. The Morgan fingerprint density at radius 1 is 1.36 bits per heavy atom. The Morgan fingerprint density at radius 2 is 2.11 bits per heavy atom. The summed E-state index contributed by atoms with van der Waals surface area (Å²) in [5.41, 5.74) is 6.25. The smallest absolute Gasteiger partial charge is 0.294 e. The maximum atomic E-state index is 10.4. The van der Waals surface area contributed by atoms with Crippen LogP contribution in [0.2, 0.25) is 0 Å². The third-order valence-electron chi connectivity index (χ3n) is 5.91. The predicted molar refractivity (Wildman–Crippen MR) is 97.2 cm³/mol. The highest BCUT2D eigenvalue weighted by molar-refractivity contribution is 6.47. The van der Waals surface area contributed by atoms with Crippen LogP contribution in [-0.4, -0.2) is 81.6 Å². The van der Waals surface area contributed by atoms with Gasteiger partial charge in [0.2, 0.25) is 0 Å². The van der Waals surface area contributed by atoms with Gasteiger partial charge in [-0.1, -0.05) is 19.3 Å². The van der Waals surface area contributed by atoms with Crippen molar-refractivity contribution in [2.24, 2.45) is 26.6 Å². The molecule has 0 radical (unpaired) electrons. The van der Waals surface area contributed by atoms with E-state index in [4.69, 9.17) is 10.5 Å². The Labute approximate surface area is 160 Å². The molecule has 1 saturated carbocycles. The number of ether oxygens (including phenoxy) is 1. The van der Waals surface area contributed by atoms with Crippen LogP contribution in [0, 0.1) is 16.0 Å².